The molecule has 0 radical (unpaired) electrons. The van der Waals surface area contributed by atoms with E-state index in [0.29, 0.717) is 38.1 Å². The first-order chi connectivity index (χ1) is 14.5. The Hall–Kier alpha value is -3.10. The second-order valence-corrected chi connectivity index (χ2v) is 6.46. The highest BCUT2D eigenvalue weighted by atomic mass is 19.1. The van der Waals surface area contributed by atoms with Gasteiger partial charge in [-0.25, -0.2) is 18.6 Å². The quantitative estimate of drug-likeness (QED) is 0.227. The van der Waals surface area contributed by atoms with Crippen molar-refractivity contribution in [1.29, 1.82) is 0 Å². The predicted molar refractivity (Wildman–Crippen MR) is 107 cm³/mol. The molecule has 0 atom stereocenters. The number of nitrogens with zero attached hydrogens (tertiary/aromatic N) is 2. The summed E-state index contributed by atoms with van der Waals surface area (Å²) in [6.45, 7) is 3.66. The van der Waals surface area contributed by atoms with E-state index in [1.807, 2.05) is 35.3 Å². The molecule has 1 fully saturated rings. The Labute approximate surface area is 173 Å². The monoisotopic (exact) mass is 416 g/mol. The first-order valence-corrected chi connectivity index (χ1v) is 9.57. The number of Topliss-reactive ketones (excluding diaryl/α,β-unsaturated/α-hetero) is 1. The van der Waals surface area contributed by atoms with Crippen LogP contribution in [0.4, 0.5) is 14.5 Å². The van der Waals surface area contributed by atoms with Gasteiger partial charge in [-0.05, 0) is 31.2 Å². The maximum atomic E-state index is 14.2. The van der Waals surface area contributed by atoms with Crippen LogP contribution in [0.15, 0.2) is 60.3 Å². The molecule has 6 nitrogen and oxygen atoms in total. The van der Waals surface area contributed by atoms with Crippen LogP contribution in [0.25, 0.3) is 0 Å². The molecule has 1 aliphatic rings. The second-order valence-electron chi connectivity index (χ2n) is 6.46. The van der Waals surface area contributed by atoms with Gasteiger partial charge in [0.15, 0.2) is 0 Å². The SMILES string of the molecule is CCOC(=O)C(=CN(c1ccccc1)N1CCOCC1)C(=O)c1ccc(F)cc1F. The standard InChI is InChI=1S/C22H22F2N2O4/c1-2-30-22(28)19(21(27)18-9-8-16(23)14-20(18)24)15-26(17-6-4-3-5-7-17)25-10-12-29-13-11-25/h3-9,14-15H,2,10-13H2,1H3. The van der Waals surface area contributed by atoms with E-state index in [1.165, 1.54) is 6.20 Å². The number of hydrogen-bond acceptors (Lipinski definition) is 6. The number of hydrazine groups is 1. The van der Waals surface area contributed by atoms with Crippen molar-refractivity contribution in [2.24, 2.45) is 0 Å². The van der Waals surface area contributed by atoms with Crippen molar-refractivity contribution >= 4 is 17.4 Å². The average molecular weight is 416 g/mol. The van der Waals surface area contributed by atoms with Crippen molar-refractivity contribution in [3.63, 3.8) is 0 Å². The van der Waals surface area contributed by atoms with Gasteiger partial charge in [-0.15, -0.1) is 0 Å². The fourth-order valence-corrected chi connectivity index (χ4v) is 3.02. The van der Waals surface area contributed by atoms with Crippen LogP contribution >= 0.6 is 0 Å². The van der Waals surface area contributed by atoms with Gasteiger partial charge in [-0.3, -0.25) is 9.80 Å². The van der Waals surface area contributed by atoms with Gasteiger partial charge in [0.05, 0.1) is 31.1 Å². The largest absolute Gasteiger partial charge is 0.462 e. The molecule has 0 unspecified atom stereocenters. The molecule has 0 aromatic heterocycles. The number of morpholine rings is 1. The van der Waals surface area contributed by atoms with Crippen molar-refractivity contribution in [3.05, 3.63) is 77.5 Å². The molecular weight excluding hydrogens is 394 g/mol. The first-order valence-electron chi connectivity index (χ1n) is 9.57. The smallest absolute Gasteiger partial charge is 0.343 e. The van der Waals surface area contributed by atoms with Crippen LogP contribution in [0.1, 0.15) is 17.3 Å². The van der Waals surface area contributed by atoms with E-state index < -0.39 is 29.0 Å². The highest BCUT2D eigenvalue weighted by Gasteiger charge is 2.27. The average Bonchev–Trinajstić information content (AvgIpc) is 2.75. The van der Waals surface area contributed by atoms with E-state index in [-0.39, 0.29) is 12.2 Å². The zero-order valence-electron chi connectivity index (χ0n) is 16.5. The van der Waals surface area contributed by atoms with Crippen molar-refractivity contribution in [1.82, 2.24) is 5.01 Å². The Morgan fingerprint density at radius 1 is 1.13 bits per heavy atom. The molecule has 2 aromatic rings. The van der Waals surface area contributed by atoms with Crippen LogP contribution < -0.4 is 5.01 Å². The zero-order chi connectivity index (χ0) is 21.5. The summed E-state index contributed by atoms with van der Waals surface area (Å²) < 4.78 is 38.0. The van der Waals surface area contributed by atoms with Crippen molar-refractivity contribution in [2.45, 2.75) is 6.92 Å². The number of ketones is 1. The molecule has 1 saturated heterocycles. The fourth-order valence-electron chi connectivity index (χ4n) is 3.02. The second kappa shape index (κ2) is 10.1. The molecule has 0 N–H and O–H groups in total. The van der Waals surface area contributed by atoms with Gasteiger partial charge in [-0.1, -0.05) is 18.2 Å². The van der Waals surface area contributed by atoms with E-state index in [1.54, 1.807) is 11.9 Å². The zero-order valence-corrected chi connectivity index (χ0v) is 16.5. The molecule has 0 saturated carbocycles. The van der Waals surface area contributed by atoms with E-state index >= 15 is 0 Å². The van der Waals surface area contributed by atoms with Gasteiger partial charge < -0.3 is 9.47 Å². The number of carbonyl (C=O) groups excluding carboxylic acids is 2. The van der Waals surface area contributed by atoms with Crippen LogP contribution in [-0.4, -0.2) is 49.7 Å². The Morgan fingerprint density at radius 3 is 2.47 bits per heavy atom. The lowest BCUT2D eigenvalue weighted by atomic mass is 10.0. The summed E-state index contributed by atoms with van der Waals surface area (Å²) in [5.74, 6) is -3.64. The highest BCUT2D eigenvalue weighted by Crippen LogP contribution is 2.22. The summed E-state index contributed by atoms with van der Waals surface area (Å²) in [6.07, 6.45) is 1.34. The third kappa shape index (κ3) is 5.08. The number of ether oxygens (including phenoxy) is 2. The summed E-state index contributed by atoms with van der Waals surface area (Å²) in [7, 11) is 0. The third-order valence-electron chi connectivity index (χ3n) is 4.48. The number of anilines is 1. The van der Waals surface area contributed by atoms with Gasteiger partial charge in [0.25, 0.3) is 0 Å². The number of benzene rings is 2. The molecule has 1 heterocycles. The number of carbonyl (C=O) groups is 2. The molecule has 0 amide bonds. The Morgan fingerprint density at radius 2 is 1.83 bits per heavy atom. The van der Waals surface area contributed by atoms with Crippen LogP contribution in [0.2, 0.25) is 0 Å². The first kappa shape index (κ1) is 21.6. The molecule has 158 valence electrons. The summed E-state index contributed by atoms with van der Waals surface area (Å²) in [6, 6.07) is 11.7. The predicted octanol–water partition coefficient (Wildman–Crippen LogP) is 3.35. The van der Waals surface area contributed by atoms with E-state index in [9.17, 15) is 18.4 Å². The molecule has 0 spiro atoms. The van der Waals surface area contributed by atoms with Crippen LogP contribution in [0.3, 0.4) is 0 Å². The molecule has 0 bridgehead atoms. The molecule has 30 heavy (non-hydrogen) atoms. The Bertz CT molecular complexity index is 928. The van der Waals surface area contributed by atoms with Gasteiger partial charge in [0.1, 0.15) is 17.2 Å². The fraction of sp³-hybridized carbons (Fsp3) is 0.273. The van der Waals surface area contributed by atoms with E-state index in [4.69, 9.17) is 9.47 Å². The van der Waals surface area contributed by atoms with Crippen molar-refractivity contribution in [3.8, 4) is 0 Å². The number of para-hydroxylation sites is 1. The Balaban J connectivity index is 2.06. The number of halogens is 2. The van der Waals surface area contributed by atoms with Gasteiger partial charge in [0, 0.05) is 25.4 Å². The molecule has 3 rings (SSSR count). The van der Waals surface area contributed by atoms with Crippen LogP contribution in [0.5, 0.6) is 0 Å². The maximum absolute atomic E-state index is 14.2. The van der Waals surface area contributed by atoms with Crippen molar-refractivity contribution < 1.29 is 27.8 Å². The Kier molecular flexibility index (Phi) is 7.26. The minimum absolute atomic E-state index is 0.0399. The summed E-state index contributed by atoms with van der Waals surface area (Å²) in [4.78, 5) is 25.6. The van der Waals surface area contributed by atoms with Crippen LogP contribution in [-0.2, 0) is 14.3 Å². The van der Waals surface area contributed by atoms with Gasteiger partial charge in [-0.2, -0.15) is 0 Å². The number of esters is 1. The molecular formula is C22H22F2N2O4. The summed E-state index contributed by atoms with van der Waals surface area (Å²) in [5, 5.41) is 3.57. The number of hydrogen-bond donors (Lipinski definition) is 0. The molecule has 0 aliphatic carbocycles. The third-order valence-corrected chi connectivity index (χ3v) is 4.48. The van der Waals surface area contributed by atoms with Gasteiger partial charge in [0.2, 0.25) is 5.78 Å². The van der Waals surface area contributed by atoms with E-state index in [0.717, 1.165) is 12.1 Å². The maximum Gasteiger partial charge on any atom is 0.343 e. The summed E-state index contributed by atoms with van der Waals surface area (Å²) >= 11 is 0. The minimum atomic E-state index is -1.05. The topological polar surface area (TPSA) is 59.1 Å². The molecule has 1 aliphatic heterocycles. The van der Waals surface area contributed by atoms with Gasteiger partial charge >= 0.3 is 5.97 Å². The number of rotatable bonds is 7. The lowest BCUT2D eigenvalue weighted by molar-refractivity contribution is -0.138. The lowest BCUT2D eigenvalue weighted by Gasteiger charge is -2.37. The summed E-state index contributed by atoms with van der Waals surface area (Å²) in [5.41, 5.74) is -0.0722. The van der Waals surface area contributed by atoms with E-state index in [2.05, 4.69) is 0 Å². The molecule has 2 aromatic carbocycles. The highest BCUT2D eigenvalue weighted by molar-refractivity contribution is 6.24. The lowest BCUT2D eigenvalue weighted by Crippen LogP contribution is -2.47. The molecule has 8 heteroatoms. The van der Waals surface area contributed by atoms with Crippen molar-refractivity contribution in [2.75, 3.05) is 37.9 Å². The minimum Gasteiger partial charge on any atom is -0.462 e. The normalized spacial score (nSPS) is 15.0. The van der Waals surface area contributed by atoms with Crippen LogP contribution in [0, 0.1) is 11.6 Å².